The molecule has 0 rings (SSSR count). The summed E-state index contributed by atoms with van der Waals surface area (Å²) in [6, 6.07) is 0. The zero-order valence-electron chi connectivity index (χ0n) is 7.68. The van der Waals surface area contributed by atoms with Crippen molar-refractivity contribution >= 4 is 12.1 Å². The smallest absolute Gasteiger partial charge is 0.133 e. The van der Waals surface area contributed by atoms with E-state index in [1.165, 1.54) is 0 Å². The van der Waals surface area contributed by atoms with Gasteiger partial charge < -0.3 is 4.79 Å². The first-order chi connectivity index (χ1) is 4.91. The van der Waals surface area contributed by atoms with Crippen molar-refractivity contribution in [3.05, 3.63) is 0 Å². The highest BCUT2D eigenvalue weighted by atomic mass is 16.1. The Hall–Kier alpha value is -0.660. The fourth-order valence-corrected chi connectivity index (χ4v) is 0.942. The summed E-state index contributed by atoms with van der Waals surface area (Å²) in [6.07, 6.45) is 1.33. The second-order valence-electron chi connectivity index (χ2n) is 3.69. The lowest BCUT2D eigenvalue weighted by Crippen LogP contribution is -2.27. The molecule has 0 aliphatic rings. The first-order valence-electron chi connectivity index (χ1n) is 3.86. The average Bonchev–Trinajstić information content (AvgIpc) is 1.86. The largest absolute Gasteiger partial charge is 0.303 e. The molecule has 0 heterocycles. The highest BCUT2D eigenvalue weighted by Gasteiger charge is 2.28. The standard InChI is InChI=1S/C9H16O2/c1-7(8(2)11)9(3,4)5-6-10/h6-7H,5H2,1-4H3. The Balaban J connectivity index is 4.27. The topological polar surface area (TPSA) is 34.1 Å². The fourth-order valence-electron chi connectivity index (χ4n) is 0.942. The van der Waals surface area contributed by atoms with Crippen LogP contribution < -0.4 is 0 Å². The van der Waals surface area contributed by atoms with Gasteiger partial charge in [-0.05, 0) is 12.3 Å². The Bertz CT molecular complexity index is 159. The Morgan fingerprint density at radius 3 is 2.27 bits per heavy atom. The molecule has 11 heavy (non-hydrogen) atoms. The van der Waals surface area contributed by atoms with E-state index in [1.807, 2.05) is 20.8 Å². The number of Topliss-reactive ketones (excluding diaryl/α,β-unsaturated/α-hetero) is 1. The predicted octanol–water partition coefficient (Wildman–Crippen LogP) is 1.83. The highest BCUT2D eigenvalue weighted by Crippen LogP contribution is 2.29. The van der Waals surface area contributed by atoms with Gasteiger partial charge in [-0.3, -0.25) is 4.79 Å². The predicted molar refractivity (Wildman–Crippen MR) is 44.3 cm³/mol. The summed E-state index contributed by atoms with van der Waals surface area (Å²) >= 11 is 0. The Morgan fingerprint density at radius 2 is 2.00 bits per heavy atom. The number of aldehydes is 1. The summed E-state index contributed by atoms with van der Waals surface area (Å²) in [5.74, 6) is 0.115. The van der Waals surface area contributed by atoms with Crippen molar-refractivity contribution in [2.24, 2.45) is 11.3 Å². The zero-order chi connectivity index (χ0) is 9.07. The van der Waals surface area contributed by atoms with Crippen LogP contribution in [0, 0.1) is 11.3 Å². The SMILES string of the molecule is CC(=O)C(C)C(C)(C)CC=O. The molecule has 0 aliphatic heterocycles. The molecule has 0 saturated heterocycles. The van der Waals surface area contributed by atoms with Crippen LogP contribution in [0.3, 0.4) is 0 Å². The van der Waals surface area contributed by atoms with Crippen molar-refractivity contribution in [3.8, 4) is 0 Å². The molecule has 0 radical (unpaired) electrons. The van der Waals surface area contributed by atoms with Gasteiger partial charge in [-0.15, -0.1) is 0 Å². The molecule has 0 N–H and O–H groups in total. The van der Waals surface area contributed by atoms with E-state index in [-0.39, 0.29) is 17.1 Å². The second kappa shape index (κ2) is 3.65. The molecule has 1 unspecified atom stereocenters. The van der Waals surface area contributed by atoms with E-state index in [2.05, 4.69) is 0 Å². The van der Waals surface area contributed by atoms with Crippen molar-refractivity contribution in [2.45, 2.75) is 34.1 Å². The normalized spacial score (nSPS) is 14.2. The summed E-state index contributed by atoms with van der Waals surface area (Å²) in [6.45, 7) is 7.31. The van der Waals surface area contributed by atoms with Gasteiger partial charge in [-0.1, -0.05) is 20.8 Å². The van der Waals surface area contributed by atoms with Crippen molar-refractivity contribution in [1.29, 1.82) is 0 Å². The van der Waals surface area contributed by atoms with E-state index in [0.29, 0.717) is 6.42 Å². The Morgan fingerprint density at radius 1 is 1.55 bits per heavy atom. The molecule has 2 heteroatoms. The number of ketones is 1. The first kappa shape index (κ1) is 10.3. The number of hydrogen-bond acceptors (Lipinski definition) is 2. The molecule has 0 aliphatic carbocycles. The van der Waals surface area contributed by atoms with Crippen LogP contribution in [0.1, 0.15) is 34.1 Å². The minimum atomic E-state index is -0.187. The van der Waals surface area contributed by atoms with Crippen LogP contribution in [0.15, 0.2) is 0 Å². The maximum absolute atomic E-state index is 10.9. The molecule has 2 nitrogen and oxygen atoms in total. The lowest BCUT2D eigenvalue weighted by molar-refractivity contribution is -0.124. The van der Waals surface area contributed by atoms with Crippen LogP contribution in [0.5, 0.6) is 0 Å². The summed E-state index contributed by atoms with van der Waals surface area (Å²) < 4.78 is 0. The van der Waals surface area contributed by atoms with Crippen molar-refractivity contribution in [3.63, 3.8) is 0 Å². The van der Waals surface area contributed by atoms with Gasteiger partial charge in [0.25, 0.3) is 0 Å². The van der Waals surface area contributed by atoms with Crippen molar-refractivity contribution in [1.82, 2.24) is 0 Å². The van der Waals surface area contributed by atoms with Crippen LogP contribution in [0.4, 0.5) is 0 Å². The minimum absolute atomic E-state index is 0.0345. The van der Waals surface area contributed by atoms with Gasteiger partial charge in [0.15, 0.2) is 0 Å². The zero-order valence-corrected chi connectivity index (χ0v) is 7.68. The summed E-state index contributed by atoms with van der Waals surface area (Å²) in [5.41, 5.74) is -0.187. The molecule has 0 amide bonds. The van der Waals surface area contributed by atoms with Gasteiger partial charge in [0.2, 0.25) is 0 Å². The molecule has 1 atom stereocenters. The summed E-state index contributed by atoms with van der Waals surface area (Å²) in [5, 5.41) is 0. The van der Waals surface area contributed by atoms with E-state index >= 15 is 0 Å². The second-order valence-corrected chi connectivity index (χ2v) is 3.69. The minimum Gasteiger partial charge on any atom is -0.303 e. The first-order valence-corrected chi connectivity index (χ1v) is 3.86. The molecule has 0 aromatic heterocycles. The maximum Gasteiger partial charge on any atom is 0.133 e. The fraction of sp³-hybridized carbons (Fsp3) is 0.778. The Kier molecular flexibility index (Phi) is 3.43. The third-order valence-corrected chi connectivity index (χ3v) is 2.39. The third kappa shape index (κ3) is 2.83. The van der Waals surface area contributed by atoms with Crippen LogP contribution in [-0.4, -0.2) is 12.1 Å². The molecule has 64 valence electrons. The van der Waals surface area contributed by atoms with Gasteiger partial charge in [0.1, 0.15) is 12.1 Å². The van der Waals surface area contributed by atoms with E-state index in [4.69, 9.17) is 0 Å². The highest BCUT2D eigenvalue weighted by molar-refractivity contribution is 5.79. The van der Waals surface area contributed by atoms with Gasteiger partial charge >= 0.3 is 0 Å². The maximum atomic E-state index is 10.9. The number of rotatable bonds is 4. The molecule has 0 aromatic carbocycles. The molecular weight excluding hydrogens is 140 g/mol. The van der Waals surface area contributed by atoms with Crippen molar-refractivity contribution < 1.29 is 9.59 Å². The quantitative estimate of drug-likeness (QED) is 0.582. The molecular formula is C9H16O2. The molecule has 0 fully saturated rings. The summed E-state index contributed by atoms with van der Waals surface area (Å²) in [4.78, 5) is 21.2. The Labute approximate surface area is 68.0 Å². The van der Waals surface area contributed by atoms with Crippen molar-refractivity contribution in [2.75, 3.05) is 0 Å². The molecule has 0 aromatic rings. The average molecular weight is 156 g/mol. The third-order valence-electron chi connectivity index (χ3n) is 2.39. The lowest BCUT2D eigenvalue weighted by atomic mass is 9.76. The van der Waals surface area contributed by atoms with E-state index in [1.54, 1.807) is 6.92 Å². The molecule has 0 saturated carbocycles. The number of carbonyl (C=O) groups excluding carboxylic acids is 2. The van der Waals surface area contributed by atoms with Crippen LogP contribution >= 0.6 is 0 Å². The van der Waals surface area contributed by atoms with Crippen LogP contribution in [-0.2, 0) is 9.59 Å². The van der Waals surface area contributed by atoms with Gasteiger partial charge in [-0.25, -0.2) is 0 Å². The van der Waals surface area contributed by atoms with E-state index in [0.717, 1.165) is 6.29 Å². The summed E-state index contributed by atoms with van der Waals surface area (Å²) in [7, 11) is 0. The van der Waals surface area contributed by atoms with Gasteiger partial charge in [-0.2, -0.15) is 0 Å². The van der Waals surface area contributed by atoms with Crippen LogP contribution in [0.25, 0.3) is 0 Å². The number of carbonyl (C=O) groups is 2. The van der Waals surface area contributed by atoms with E-state index < -0.39 is 0 Å². The molecule has 0 spiro atoms. The van der Waals surface area contributed by atoms with Gasteiger partial charge in [0.05, 0.1) is 0 Å². The number of hydrogen-bond donors (Lipinski definition) is 0. The molecule has 0 bridgehead atoms. The monoisotopic (exact) mass is 156 g/mol. The van der Waals surface area contributed by atoms with E-state index in [9.17, 15) is 9.59 Å². The van der Waals surface area contributed by atoms with Gasteiger partial charge in [0, 0.05) is 12.3 Å². The van der Waals surface area contributed by atoms with Crippen LogP contribution in [0.2, 0.25) is 0 Å². The lowest BCUT2D eigenvalue weighted by Gasteiger charge is -2.27.